The van der Waals surface area contributed by atoms with Crippen molar-refractivity contribution in [2.45, 2.75) is 25.4 Å². The van der Waals surface area contributed by atoms with Crippen molar-refractivity contribution in [1.29, 1.82) is 0 Å². The van der Waals surface area contributed by atoms with Gasteiger partial charge in [-0.05, 0) is 31.0 Å². The molecule has 0 saturated carbocycles. The molecule has 0 radical (unpaired) electrons. The third-order valence-electron chi connectivity index (χ3n) is 3.49. The summed E-state index contributed by atoms with van der Waals surface area (Å²) in [6.45, 7) is 1.64. The van der Waals surface area contributed by atoms with E-state index in [9.17, 15) is 15.2 Å². The van der Waals surface area contributed by atoms with Crippen LogP contribution in [0.25, 0.3) is 0 Å². The summed E-state index contributed by atoms with van der Waals surface area (Å²) in [6, 6.07) is 4.94. The molecule has 0 amide bonds. The topological polar surface area (TPSA) is 75.8 Å². The third-order valence-corrected chi connectivity index (χ3v) is 3.49. The lowest BCUT2D eigenvalue weighted by Crippen LogP contribution is -2.31. The molecule has 1 aliphatic heterocycles. The molecule has 1 aromatic rings. The second kappa shape index (κ2) is 5.99. The second-order valence-electron chi connectivity index (χ2n) is 4.75. The molecule has 0 bridgehead atoms. The van der Waals surface area contributed by atoms with Gasteiger partial charge in [-0.3, -0.25) is 15.0 Å². The average molecular weight is 266 g/mol. The highest BCUT2D eigenvalue weighted by atomic mass is 16.6. The number of ether oxygens (including phenoxy) is 1. The van der Waals surface area contributed by atoms with E-state index in [1.807, 2.05) is 0 Å². The number of nitro groups is 1. The minimum absolute atomic E-state index is 0.0362. The summed E-state index contributed by atoms with van der Waals surface area (Å²) in [5.74, 6) is 0.490. The summed E-state index contributed by atoms with van der Waals surface area (Å²) in [7, 11) is 1.50. The number of rotatable bonds is 5. The van der Waals surface area contributed by atoms with Gasteiger partial charge in [0.15, 0.2) is 0 Å². The molecule has 1 aromatic carbocycles. The molecular formula is C13H18N2O4. The first kappa shape index (κ1) is 13.8. The summed E-state index contributed by atoms with van der Waals surface area (Å²) in [5.41, 5.74) is 0.875. The fourth-order valence-corrected chi connectivity index (χ4v) is 2.50. The van der Waals surface area contributed by atoms with Crippen molar-refractivity contribution >= 4 is 5.69 Å². The minimum Gasteiger partial charge on any atom is -0.496 e. The maximum atomic E-state index is 10.9. The Bertz CT molecular complexity index is 464. The van der Waals surface area contributed by atoms with Crippen molar-refractivity contribution in [3.05, 3.63) is 33.9 Å². The predicted molar refractivity (Wildman–Crippen MR) is 70.2 cm³/mol. The summed E-state index contributed by atoms with van der Waals surface area (Å²) in [5, 5.41) is 20.2. The summed E-state index contributed by atoms with van der Waals surface area (Å²) < 4.78 is 5.09. The molecule has 0 aliphatic carbocycles. The Kier molecular flexibility index (Phi) is 4.34. The Balaban J connectivity index is 2.19. The van der Waals surface area contributed by atoms with E-state index in [1.54, 1.807) is 12.1 Å². The number of aliphatic hydroxyl groups is 1. The Morgan fingerprint density at radius 2 is 2.32 bits per heavy atom. The van der Waals surface area contributed by atoms with Gasteiger partial charge in [0.1, 0.15) is 5.75 Å². The fraction of sp³-hybridized carbons (Fsp3) is 0.538. The largest absolute Gasteiger partial charge is 0.496 e. The Hall–Kier alpha value is -1.66. The molecule has 0 unspecified atom stereocenters. The van der Waals surface area contributed by atoms with E-state index >= 15 is 0 Å². The Morgan fingerprint density at radius 3 is 2.95 bits per heavy atom. The van der Waals surface area contributed by atoms with Crippen LogP contribution in [0.4, 0.5) is 5.69 Å². The molecular weight excluding hydrogens is 248 g/mol. The van der Waals surface area contributed by atoms with Crippen molar-refractivity contribution in [1.82, 2.24) is 4.90 Å². The van der Waals surface area contributed by atoms with E-state index < -0.39 is 4.92 Å². The van der Waals surface area contributed by atoms with Crippen LogP contribution in [0.3, 0.4) is 0 Å². The van der Waals surface area contributed by atoms with Crippen molar-refractivity contribution < 1.29 is 14.8 Å². The van der Waals surface area contributed by atoms with E-state index in [2.05, 4.69) is 4.90 Å². The predicted octanol–water partition coefficient (Wildman–Crippen LogP) is 1.56. The zero-order valence-corrected chi connectivity index (χ0v) is 10.9. The van der Waals surface area contributed by atoms with Crippen LogP contribution in [0.15, 0.2) is 18.2 Å². The van der Waals surface area contributed by atoms with Gasteiger partial charge in [0.25, 0.3) is 5.69 Å². The van der Waals surface area contributed by atoms with Crippen LogP contribution in [0.1, 0.15) is 18.4 Å². The van der Waals surface area contributed by atoms with Crippen LogP contribution in [0.5, 0.6) is 5.75 Å². The molecule has 1 fully saturated rings. The number of nitrogens with zero attached hydrogens (tertiary/aromatic N) is 2. The lowest BCUT2D eigenvalue weighted by molar-refractivity contribution is -0.385. The quantitative estimate of drug-likeness (QED) is 0.646. The van der Waals surface area contributed by atoms with Gasteiger partial charge in [-0.25, -0.2) is 0 Å². The first-order valence-corrected chi connectivity index (χ1v) is 6.31. The lowest BCUT2D eigenvalue weighted by atomic mass is 10.1. The van der Waals surface area contributed by atoms with Gasteiger partial charge in [0.2, 0.25) is 0 Å². The summed E-state index contributed by atoms with van der Waals surface area (Å²) >= 11 is 0. The molecule has 1 heterocycles. The fourth-order valence-electron chi connectivity index (χ4n) is 2.50. The van der Waals surface area contributed by atoms with Gasteiger partial charge in [-0.2, -0.15) is 0 Å². The van der Waals surface area contributed by atoms with Gasteiger partial charge in [0.05, 0.1) is 24.7 Å². The van der Waals surface area contributed by atoms with Crippen LogP contribution in [-0.2, 0) is 6.54 Å². The van der Waals surface area contributed by atoms with Gasteiger partial charge in [-0.15, -0.1) is 0 Å². The highest BCUT2D eigenvalue weighted by Gasteiger charge is 2.24. The molecule has 1 saturated heterocycles. The van der Waals surface area contributed by atoms with E-state index in [0.29, 0.717) is 12.3 Å². The normalized spacial score (nSPS) is 19.6. The van der Waals surface area contributed by atoms with Gasteiger partial charge >= 0.3 is 0 Å². The maximum absolute atomic E-state index is 10.9. The van der Waals surface area contributed by atoms with Crippen LogP contribution in [0.2, 0.25) is 0 Å². The first-order chi connectivity index (χ1) is 9.13. The van der Waals surface area contributed by atoms with Gasteiger partial charge in [-0.1, -0.05) is 0 Å². The number of likely N-dealkylation sites (tertiary alicyclic amines) is 1. The van der Waals surface area contributed by atoms with Gasteiger partial charge < -0.3 is 9.84 Å². The number of aliphatic hydroxyl groups excluding tert-OH is 1. The smallest absolute Gasteiger partial charge is 0.273 e. The molecule has 19 heavy (non-hydrogen) atoms. The number of non-ortho nitro benzene ring substituents is 1. The standard InChI is InChI=1S/C13H18N2O4/c1-19-13-6-10(5-12(7-13)15(17)18)8-14-4-2-3-11(14)9-16/h5-7,11,16H,2-4,8-9H2,1H3/t11-/m0/s1. The molecule has 1 aliphatic rings. The monoisotopic (exact) mass is 266 g/mol. The lowest BCUT2D eigenvalue weighted by Gasteiger charge is -2.22. The van der Waals surface area contributed by atoms with Crippen LogP contribution in [0, 0.1) is 10.1 Å². The number of nitro benzene ring substituents is 1. The molecule has 0 aromatic heterocycles. The number of methoxy groups -OCH3 is 1. The Labute approximate surface area is 111 Å². The van der Waals surface area contributed by atoms with Crippen molar-refractivity contribution in [3.63, 3.8) is 0 Å². The molecule has 6 nitrogen and oxygen atoms in total. The van der Waals surface area contributed by atoms with E-state index in [4.69, 9.17) is 4.74 Å². The second-order valence-corrected chi connectivity index (χ2v) is 4.75. The SMILES string of the molecule is COc1cc(CN2CCC[C@H]2CO)cc([N+](=O)[O-])c1. The van der Waals surface area contributed by atoms with Crippen molar-refractivity contribution in [2.75, 3.05) is 20.3 Å². The van der Waals surface area contributed by atoms with E-state index in [0.717, 1.165) is 24.9 Å². The van der Waals surface area contributed by atoms with Crippen LogP contribution >= 0.6 is 0 Å². The molecule has 0 spiro atoms. The molecule has 1 N–H and O–H groups in total. The maximum Gasteiger partial charge on any atom is 0.273 e. The zero-order valence-electron chi connectivity index (χ0n) is 10.9. The highest BCUT2D eigenvalue weighted by molar-refractivity contribution is 5.42. The number of benzene rings is 1. The van der Waals surface area contributed by atoms with Crippen molar-refractivity contribution in [2.24, 2.45) is 0 Å². The molecule has 6 heteroatoms. The number of hydrogen-bond donors (Lipinski definition) is 1. The number of hydrogen-bond acceptors (Lipinski definition) is 5. The highest BCUT2D eigenvalue weighted by Crippen LogP contribution is 2.26. The summed E-state index contributed by atoms with van der Waals surface area (Å²) in [6.07, 6.45) is 2.03. The first-order valence-electron chi connectivity index (χ1n) is 6.31. The van der Waals surface area contributed by atoms with E-state index in [-0.39, 0.29) is 18.3 Å². The van der Waals surface area contributed by atoms with Crippen LogP contribution < -0.4 is 4.74 Å². The third kappa shape index (κ3) is 3.21. The average Bonchev–Trinajstić information content (AvgIpc) is 2.85. The van der Waals surface area contributed by atoms with Crippen molar-refractivity contribution in [3.8, 4) is 5.75 Å². The van der Waals surface area contributed by atoms with E-state index in [1.165, 1.54) is 13.2 Å². The van der Waals surface area contributed by atoms with Gasteiger partial charge in [0, 0.05) is 18.7 Å². The summed E-state index contributed by atoms with van der Waals surface area (Å²) in [4.78, 5) is 12.6. The zero-order chi connectivity index (χ0) is 13.8. The van der Waals surface area contributed by atoms with Crippen LogP contribution in [-0.4, -0.2) is 41.2 Å². The molecule has 104 valence electrons. The molecule has 1 atom stereocenters. The Morgan fingerprint density at radius 1 is 1.53 bits per heavy atom. The minimum atomic E-state index is -0.417. The molecule has 2 rings (SSSR count).